The average molecular weight is 306 g/mol. The van der Waals surface area contributed by atoms with Gasteiger partial charge in [-0.2, -0.15) is 13.2 Å². The minimum Gasteiger partial charge on any atom is -0.361 e. The van der Waals surface area contributed by atoms with Gasteiger partial charge in [-0.3, -0.25) is 0 Å². The number of benzene rings is 1. The number of thioether (sulfide) groups is 1. The number of hydrogen-bond acceptors (Lipinski definition) is 2. The maximum Gasteiger partial charge on any atom is 0.411 e. The van der Waals surface area contributed by atoms with Crippen LogP contribution in [0.2, 0.25) is 0 Å². The van der Waals surface area contributed by atoms with E-state index in [1.807, 2.05) is 51.3 Å². The lowest BCUT2D eigenvalue weighted by molar-refractivity contribution is -0.224. The fraction of sp³-hybridized carbons (Fsp3) is 0.600. The van der Waals surface area contributed by atoms with Gasteiger partial charge in [-0.1, -0.05) is 32.9 Å². The molecule has 1 unspecified atom stereocenters. The molecule has 0 N–H and O–H groups in total. The van der Waals surface area contributed by atoms with E-state index in [2.05, 4.69) is 0 Å². The van der Waals surface area contributed by atoms with Gasteiger partial charge in [0.1, 0.15) is 6.61 Å². The van der Waals surface area contributed by atoms with Gasteiger partial charge in [0.05, 0.1) is 5.60 Å². The first-order valence-electron chi connectivity index (χ1n) is 6.35. The van der Waals surface area contributed by atoms with E-state index in [-0.39, 0.29) is 0 Å². The Morgan fingerprint density at radius 1 is 1.00 bits per heavy atom. The molecule has 0 spiro atoms. The van der Waals surface area contributed by atoms with Crippen LogP contribution >= 0.6 is 11.8 Å². The fourth-order valence-corrected chi connectivity index (χ4v) is 2.28. The van der Waals surface area contributed by atoms with Crippen molar-refractivity contribution in [3.8, 4) is 0 Å². The second-order valence-corrected chi connectivity index (χ2v) is 6.80. The van der Waals surface area contributed by atoms with Crippen molar-refractivity contribution in [2.45, 2.75) is 44.4 Å². The summed E-state index contributed by atoms with van der Waals surface area (Å²) >= 11 is 1.59. The van der Waals surface area contributed by atoms with E-state index in [1.54, 1.807) is 18.7 Å². The number of ether oxygens (including phenoxy) is 1. The molecule has 20 heavy (non-hydrogen) atoms. The summed E-state index contributed by atoms with van der Waals surface area (Å²) in [6.45, 7) is 6.11. The highest BCUT2D eigenvalue weighted by Gasteiger charge is 2.43. The van der Waals surface area contributed by atoms with Gasteiger partial charge in [0.15, 0.2) is 0 Å². The molecule has 1 aromatic rings. The predicted molar refractivity (Wildman–Crippen MR) is 77.0 cm³/mol. The van der Waals surface area contributed by atoms with Crippen molar-refractivity contribution in [3.05, 3.63) is 29.8 Å². The van der Waals surface area contributed by atoms with E-state index < -0.39 is 23.8 Å². The Morgan fingerprint density at radius 3 is 1.85 bits per heavy atom. The molecule has 114 valence electrons. The molecular formula is C15H21F3OS. The average Bonchev–Trinajstić information content (AvgIpc) is 2.34. The van der Waals surface area contributed by atoms with Crippen molar-refractivity contribution in [2.75, 3.05) is 12.9 Å². The number of rotatable bonds is 4. The van der Waals surface area contributed by atoms with Gasteiger partial charge in [-0.05, 0) is 36.3 Å². The summed E-state index contributed by atoms with van der Waals surface area (Å²) in [4.78, 5) is 1.07. The van der Waals surface area contributed by atoms with Gasteiger partial charge in [-0.25, -0.2) is 0 Å². The van der Waals surface area contributed by atoms with Gasteiger partial charge < -0.3 is 4.74 Å². The quantitative estimate of drug-likeness (QED) is 0.703. The molecule has 1 atom stereocenters. The summed E-state index contributed by atoms with van der Waals surface area (Å²) in [5.74, 6) is 0. The van der Waals surface area contributed by atoms with Gasteiger partial charge in [0, 0.05) is 4.90 Å². The lowest BCUT2D eigenvalue weighted by Crippen LogP contribution is -2.42. The molecule has 1 aromatic carbocycles. The molecule has 0 aliphatic rings. The normalized spacial score (nSPS) is 16.0. The first-order chi connectivity index (χ1) is 8.99. The number of halogens is 3. The highest BCUT2D eigenvalue weighted by Crippen LogP contribution is 2.43. The fourth-order valence-electron chi connectivity index (χ4n) is 1.87. The highest BCUT2D eigenvalue weighted by atomic mass is 32.2. The van der Waals surface area contributed by atoms with Crippen molar-refractivity contribution in [1.29, 1.82) is 0 Å². The monoisotopic (exact) mass is 306 g/mol. The molecule has 0 saturated heterocycles. The standard InChI is InChI=1S/C15H21F3OS/c1-13(2,3)14(4,19-10-15(16,17)18)11-6-8-12(20-5)9-7-11/h6-9H,10H2,1-5H3. The van der Waals surface area contributed by atoms with Crippen molar-refractivity contribution in [1.82, 2.24) is 0 Å². The van der Waals surface area contributed by atoms with Crippen molar-refractivity contribution in [2.24, 2.45) is 5.41 Å². The van der Waals surface area contributed by atoms with Crippen molar-refractivity contribution < 1.29 is 17.9 Å². The van der Waals surface area contributed by atoms with E-state index in [9.17, 15) is 13.2 Å². The zero-order valence-electron chi connectivity index (χ0n) is 12.5. The maximum absolute atomic E-state index is 12.5. The summed E-state index contributed by atoms with van der Waals surface area (Å²) in [6, 6.07) is 7.49. The number of hydrogen-bond donors (Lipinski definition) is 0. The molecule has 1 nitrogen and oxygen atoms in total. The highest BCUT2D eigenvalue weighted by molar-refractivity contribution is 7.98. The predicted octanol–water partition coefficient (Wildman–Crippen LogP) is 5.25. The van der Waals surface area contributed by atoms with Crippen LogP contribution in [-0.2, 0) is 10.3 Å². The second kappa shape index (κ2) is 5.98. The SMILES string of the molecule is CSc1ccc(C(C)(OCC(F)(F)F)C(C)(C)C)cc1. The molecule has 0 bridgehead atoms. The molecular weight excluding hydrogens is 285 g/mol. The molecule has 0 aliphatic carbocycles. The van der Waals surface area contributed by atoms with Gasteiger partial charge in [0.25, 0.3) is 0 Å². The van der Waals surface area contributed by atoms with Crippen LogP contribution in [0, 0.1) is 5.41 Å². The third kappa shape index (κ3) is 4.16. The largest absolute Gasteiger partial charge is 0.411 e. The van der Waals surface area contributed by atoms with Crippen molar-refractivity contribution >= 4 is 11.8 Å². The van der Waals surface area contributed by atoms with Crippen LogP contribution in [0.4, 0.5) is 13.2 Å². The molecule has 0 aromatic heterocycles. The Morgan fingerprint density at radius 2 is 1.50 bits per heavy atom. The molecule has 0 aliphatic heterocycles. The third-order valence-electron chi connectivity index (χ3n) is 3.60. The van der Waals surface area contributed by atoms with Crippen LogP contribution < -0.4 is 0 Å². The third-order valence-corrected chi connectivity index (χ3v) is 4.34. The lowest BCUT2D eigenvalue weighted by Gasteiger charge is -2.42. The topological polar surface area (TPSA) is 9.23 Å². The van der Waals surface area contributed by atoms with Gasteiger partial charge in [0.2, 0.25) is 0 Å². The van der Waals surface area contributed by atoms with Crippen molar-refractivity contribution in [3.63, 3.8) is 0 Å². The summed E-state index contributed by atoms with van der Waals surface area (Å²) in [5.41, 5.74) is -0.703. The van der Waals surface area contributed by atoms with E-state index in [4.69, 9.17) is 4.74 Å². The molecule has 0 amide bonds. The lowest BCUT2D eigenvalue weighted by atomic mass is 9.73. The van der Waals surface area contributed by atoms with Crippen LogP contribution in [0.3, 0.4) is 0 Å². The number of alkyl halides is 3. The first kappa shape index (κ1) is 17.4. The molecule has 0 heterocycles. The van der Waals surface area contributed by atoms with Crippen LogP contribution in [0.15, 0.2) is 29.2 Å². The Labute approximate surface area is 122 Å². The van der Waals surface area contributed by atoms with Gasteiger partial charge >= 0.3 is 6.18 Å². The summed E-state index contributed by atoms with van der Waals surface area (Å²) < 4.78 is 42.7. The van der Waals surface area contributed by atoms with E-state index >= 15 is 0 Å². The Hall–Kier alpha value is -0.680. The van der Waals surface area contributed by atoms with E-state index in [1.165, 1.54) is 0 Å². The zero-order chi connectivity index (χ0) is 15.6. The molecule has 5 heteroatoms. The zero-order valence-corrected chi connectivity index (χ0v) is 13.3. The minimum atomic E-state index is -4.33. The minimum absolute atomic E-state index is 0.459. The van der Waals surface area contributed by atoms with Crippen LogP contribution in [-0.4, -0.2) is 19.0 Å². The second-order valence-electron chi connectivity index (χ2n) is 5.92. The Kier molecular flexibility index (Phi) is 5.19. The Balaban J connectivity index is 3.10. The Bertz CT molecular complexity index is 434. The van der Waals surface area contributed by atoms with E-state index in [0.717, 1.165) is 10.5 Å². The van der Waals surface area contributed by atoms with Crippen LogP contribution in [0.1, 0.15) is 33.3 Å². The first-order valence-corrected chi connectivity index (χ1v) is 7.57. The summed E-state index contributed by atoms with van der Waals surface area (Å²) in [5, 5.41) is 0. The summed E-state index contributed by atoms with van der Waals surface area (Å²) in [6.07, 6.45) is -2.37. The molecule has 0 radical (unpaired) electrons. The van der Waals surface area contributed by atoms with E-state index in [0.29, 0.717) is 0 Å². The molecule has 0 fully saturated rings. The molecule has 1 rings (SSSR count). The van der Waals surface area contributed by atoms with Crippen LogP contribution in [0.5, 0.6) is 0 Å². The summed E-state index contributed by atoms with van der Waals surface area (Å²) in [7, 11) is 0. The van der Waals surface area contributed by atoms with Crippen LogP contribution in [0.25, 0.3) is 0 Å². The smallest absolute Gasteiger partial charge is 0.361 e. The molecule has 0 saturated carbocycles. The van der Waals surface area contributed by atoms with Gasteiger partial charge in [-0.15, -0.1) is 11.8 Å². The maximum atomic E-state index is 12.5.